The molecule has 0 unspecified atom stereocenters. The van der Waals surface area contributed by atoms with Gasteiger partial charge in [-0.1, -0.05) is 19.3 Å². The molecule has 0 radical (unpaired) electrons. The molecular weight excluding hydrogens is 226 g/mol. The van der Waals surface area contributed by atoms with Gasteiger partial charge in [0.25, 0.3) is 0 Å². The molecule has 1 saturated carbocycles. The van der Waals surface area contributed by atoms with Gasteiger partial charge in [-0.15, -0.1) is 0 Å². The van der Waals surface area contributed by atoms with E-state index in [1.54, 1.807) is 0 Å². The lowest BCUT2D eigenvalue weighted by atomic mass is 9.94. The van der Waals surface area contributed by atoms with Crippen molar-refractivity contribution in [2.24, 2.45) is 0 Å². The van der Waals surface area contributed by atoms with Crippen LogP contribution in [0.3, 0.4) is 0 Å². The molecule has 1 aromatic rings. The zero-order valence-electron chi connectivity index (χ0n) is 11.0. The number of aromatic nitrogens is 2. The van der Waals surface area contributed by atoms with Gasteiger partial charge in [0, 0.05) is 19.2 Å². The average molecular weight is 245 g/mol. The summed E-state index contributed by atoms with van der Waals surface area (Å²) in [7, 11) is 2.08. The second-order valence-electron chi connectivity index (χ2n) is 4.80. The first-order valence-corrected chi connectivity index (χ1v) is 6.44. The van der Waals surface area contributed by atoms with Crippen molar-refractivity contribution in [3.05, 3.63) is 11.9 Å². The first-order chi connectivity index (χ1) is 8.70. The maximum Gasteiger partial charge on any atom is 0.182 e. The zero-order chi connectivity index (χ0) is 13.0. The molecule has 1 aliphatic rings. The summed E-state index contributed by atoms with van der Waals surface area (Å²) in [5, 5.41) is 11.2. The lowest BCUT2D eigenvalue weighted by Crippen LogP contribution is -2.34. The summed E-state index contributed by atoms with van der Waals surface area (Å²) in [6.45, 7) is 1.85. The molecule has 0 aliphatic heterocycles. The fraction of sp³-hybridized carbons (Fsp3) is 0.615. The average Bonchev–Trinajstić information content (AvgIpc) is 2.38. The standard InChI is InChI=1S/C13H19N5/c1-10-16-12(15-9-14)8-13(17-10)18(2)11-6-4-3-5-7-11/h8,11H,3-7H2,1-2H3,(H,15,16,17). The highest BCUT2D eigenvalue weighted by molar-refractivity contribution is 5.51. The Balaban J connectivity index is 2.18. The fourth-order valence-electron chi connectivity index (χ4n) is 2.51. The number of hydrogen-bond acceptors (Lipinski definition) is 5. The number of hydrogen-bond donors (Lipinski definition) is 1. The highest BCUT2D eigenvalue weighted by Crippen LogP contribution is 2.25. The summed E-state index contributed by atoms with van der Waals surface area (Å²) in [5.41, 5.74) is 0. The van der Waals surface area contributed by atoms with Crippen LogP contribution in [-0.2, 0) is 0 Å². The van der Waals surface area contributed by atoms with Crippen LogP contribution >= 0.6 is 0 Å². The van der Waals surface area contributed by atoms with Crippen molar-refractivity contribution in [3.8, 4) is 6.19 Å². The van der Waals surface area contributed by atoms with Gasteiger partial charge in [-0.25, -0.2) is 9.97 Å². The lowest BCUT2D eigenvalue weighted by molar-refractivity contribution is 0.426. The van der Waals surface area contributed by atoms with Gasteiger partial charge in [-0.3, -0.25) is 5.32 Å². The van der Waals surface area contributed by atoms with E-state index >= 15 is 0 Å². The number of nitrogens with zero attached hydrogens (tertiary/aromatic N) is 4. The van der Waals surface area contributed by atoms with Gasteiger partial charge in [0.05, 0.1) is 0 Å². The van der Waals surface area contributed by atoms with E-state index in [1.165, 1.54) is 32.1 Å². The maximum absolute atomic E-state index is 8.65. The molecule has 1 heterocycles. The molecule has 5 heteroatoms. The number of rotatable bonds is 3. The second kappa shape index (κ2) is 5.67. The number of nitrogens with one attached hydrogen (secondary N) is 1. The van der Waals surface area contributed by atoms with Crippen molar-refractivity contribution < 1.29 is 0 Å². The van der Waals surface area contributed by atoms with Crippen LogP contribution in [0, 0.1) is 18.4 Å². The van der Waals surface area contributed by atoms with Crippen molar-refractivity contribution in [1.82, 2.24) is 9.97 Å². The Hall–Kier alpha value is -1.83. The minimum absolute atomic E-state index is 0.558. The minimum atomic E-state index is 0.558. The van der Waals surface area contributed by atoms with Crippen LogP contribution in [0.25, 0.3) is 0 Å². The molecule has 0 atom stereocenters. The molecule has 1 aromatic heterocycles. The smallest absolute Gasteiger partial charge is 0.182 e. The maximum atomic E-state index is 8.65. The van der Waals surface area contributed by atoms with E-state index in [9.17, 15) is 0 Å². The van der Waals surface area contributed by atoms with Crippen LogP contribution in [0.1, 0.15) is 37.9 Å². The van der Waals surface area contributed by atoms with Crippen LogP contribution in [0.5, 0.6) is 0 Å². The molecule has 0 saturated heterocycles. The van der Waals surface area contributed by atoms with Gasteiger partial charge < -0.3 is 4.90 Å². The lowest BCUT2D eigenvalue weighted by Gasteiger charge is -2.32. The molecule has 1 aliphatic carbocycles. The molecule has 5 nitrogen and oxygen atoms in total. The first-order valence-electron chi connectivity index (χ1n) is 6.44. The quantitative estimate of drug-likeness (QED) is 0.654. The van der Waals surface area contributed by atoms with Crippen molar-refractivity contribution >= 4 is 11.6 Å². The molecular formula is C13H19N5. The highest BCUT2D eigenvalue weighted by Gasteiger charge is 2.19. The fourth-order valence-corrected chi connectivity index (χ4v) is 2.51. The molecule has 0 aromatic carbocycles. The molecule has 2 rings (SSSR count). The normalized spacial score (nSPS) is 16.1. The Labute approximate surface area is 108 Å². The largest absolute Gasteiger partial charge is 0.357 e. The predicted molar refractivity (Wildman–Crippen MR) is 71.3 cm³/mol. The molecule has 0 spiro atoms. The van der Waals surface area contributed by atoms with Crippen LogP contribution < -0.4 is 10.2 Å². The molecule has 18 heavy (non-hydrogen) atoms. The summed E-state index contributed by atoms with van der Waals surface area (Å²) in [4.78, 5) is 10.9. The summed E-state index contributed by atoms with van der Waals surface area (Å²) in [5.74, 6) is 2.16. The SMILES string of the molecule is Cc1nc(NC#N)cc(N(C)C2CCCCC2)n1. The zero-order valence-corrected chi connectivity index (χ0v) is 11.0. The Morgan fingerprint density at radius 1 is 1.33 bits per heavy atom. The van der Waals surface area contributed by atoms with E-state index in [0.717, 1.165) is 5.82 Å². The molecule has 1 N–H and O–H groups in total. The predicted octanol–water partition coefficient (Wildman–Crippen LogP) is 2.45. The number of anilines is 2. The third-order valence-electron chi connectivity index (χ3n) is 3.49. The van der Waals surface area contributed by atoms with Gasteiger partial charge in [0.1, 0.15) is 17.5 Å². The Morgan fingerprint density at radius 2 is 2.06 bits per heavy atom. The van der Waals surface area contributed by atoms with Crippen LogP contribution in [0.4, 0.5) is 11.6 Å². The molecule has 1 fully saturated rings. The third kappa shape index (κ3) is 2.89. The van der Waals surface area contributed by atoms with E-state index in [4.69, 9.17) is 5.26 Å². The number of aryl methyl sites for hydroxylation is 1. The number of nitriles is 1. The van der Waals surface area contributed by atoms with E-state index in [0.29, 0.717) is 17.7 Å². The molecule has 0 amide bonds. The van der Waals surface area contributed by atoms with Crippen LogP contribution in [0.15, 0.2) is 6.07 Å². The Bertz CT molecular complexity index is 445. The monoisotopic (exact) mass is 245 g/mol. The third-order valence-corrected chi connectivity index (χ3v) is 3.49. The molecule has 0 bridgehead atoms. The van der Waals surface area contributed by atoms with Gasteiger partial charge in [-0.05, 0) is 19.8 Å². The first kappa shape index (κ1) is 12.6. The second-order valence-corrected chi connectivity index (χ2v) is 4.80. The van der Waals surface area contributed by atoms with E-state index in [-0.39, 0.29) is 0 Å². The van der Waals surface area contributed by atoms with Gasteiger partial charge in [-0.2, -0.15) is 5.26 Å². The summed E-state index contributed by atoms with van der Waals surface area (Å²) in [6.07, 6.45) is 8.27. The van der Waals surface area contributed by atoms with Crippen LogP contribution in [-0.4, -0.2) is 23.1 Å². The summed E-state index contributed by atoms with van der Waals surface area (Å²) in [6, 6.07) is 2.40. The Kier molecular flexibility index (Phi) is 3.98. The van der Waals surface area contributed by atoms with Gasteiger partial charge in [0.15, 0.2) is 6.19 Å². The summed E-state index contributed by atoms with van der Waals surface area (Å²) < 4.78 is 0. The van der Waals surface area contributed by atoms with Crippen molar-refractivity contribution in [1.29, 1.82) is 5.26 Å². The Morgan fingerprint density at radius 3 is 2.72 bits per heavy atom. The minimum Gasteiger partial charge on any atom is -0.357 e. The van der Waals surface area contributed by atoms with Gasteiger partial charge in [0.2, 0.25) is 0 Å². The van der Waals surface area contributed by atoms with E-state index in [2.05, 4.69) is 27.2 Å². The van der Waals surface area contributed by atoms with E-state index < -0.39 is 0 Å². The van der Waals surface area contributed by atoms with E-state index in [1.807, 2.05) is 19.2 Å². The summed E-state index contributed by atoms with van der Waals surface area (Å²) >= 11 is 0. The van der Waals surface area contributed by atoms with Crippen molar-refractivity contribution in [2.45, 2.75) is 45.1 Å². The highest BCUT2D eigenvalue weighted by atomic mass is 15.2. The van der Waals surface area contributed by atoms with Crippen molar-refractivity contribution in [3.63, 3.8) is 0 Å². The topological polar surface area (TPSA) is 64.8 Å². The van der Waals surface area contributed by atoms with Crippen LogP contribution in [0.2, 0.25) is 0 Å². The van der Waals surface area contributed by atoms with Gasteiger partial charge >= 0.3 is 0 Å². The molecule has 96 valence electrons. The van der Waals surface area contributed by atoms with Crippen molar-refractivity contribution in [2.75, 3.05) is 17.3 Å².